The van der Waals surface area contributed by atoms with Crippen molar-refractivity contribution in [3.8, 4) is 0 Å². The molecule has 3 nitrogen and oxygen atoms in total. The quantitative estimate of drug-likeness (QED) is 0.665. The minimum Gasteiger partial charge on any atom is -0.382 e. The molecular weight excluding hydrogens is 302 g/mol. The molecule has 0 radical (unpaired) electrons. The molecule has 2 aromatic carbocycles. The van der Waals surface area contributed by atoms with Crippen molar-refractivity contribution in [2.75, 3.05) is 11.9 Å². The predicted molar refractivity (Wildman–Crippen MR) is 90.3 cm³/mol. The van der Waals surface area contributed by atoms with Gasteiger partial charge in [0.05, 0.1) is 22.4 Å². The fourth-order valence-electron chi connectivity index (χ4n) is 2.31. The summed E-state index contributed by atoms with van der Waals surface area (Å²) in [6, 6.07) is 14.3. The van der Waals surface area contributed by atoms with Gasteiger partial charge in [-0.1, -0.05) is 41.9 Å². The van der Waals surface area contributed by atoms with Crippen LogP contribution in [0.5, 0.6) is 0 Å². The van der Waals surface area contributed by atoms with Crippen LogP contribution in [-0.2, 0) is 6.42 Å². The molecule has 5 heteroatoms. The average Bonchev–Trinajstić information content (AvgIpc) is 2.98. The van der Waals surface area contributed by atoms with E-state index in [1.165, 1.54) is 17.3 Å². The minimum atomic E-state index is 0.707. The van der Waals surface area contributed by atoms with E-state index in [-0.39, 0.29) is 0 Å². The smallest absolute Gasteiger partial charge is 0.129 e. The number of anilines is 1. The van der Waals surface area contributed by atoms with E-state index >= 15 is 0 Å². The first-order chi connectivity index (χ1) is 10.3. The third-order valence-electron chi connectivity index (χ3n) is 3.41. The van der Waals surface area contributed by atoms with Crippen molar-refractivity contribution in [1.82, 2.24) is 8.75 Å². The summed E-state index contributed by atoms with van der Waals surface area (Å²) >= 11 is 7.46. The molecule has 0 bridgehead atoms. The number of benzene rings is 2. The molecule has 3 aromatic rings. The molecule has 0 spiro atoms. The number of aryl methyl sites for hydroxylation is 1. The highest BCUT2D eigenvalue weighted by atomic mass is 35.5. The van der Waals surface area contributed by atoms with Crippen molar-refractivity contribution < 1.29 is 0 Å². The number of rotatable bonds is 6. The molecule has 1 aromatic heterocycles. The number of nitrogens with one attached hydrogen (secondary N) is 1. The fourth-order valence-corrected chi connectivity index (χ4v) is 3.07. The van der Waals surface area contributed by atoms with Gasteiger partial charge in [0.2, 0.25) is 0 Å². The van der Waals surface area contributed by atoms with E-state index in [9.17, 15) is 0 Å². The first kappa shape index (κ1) is 14.3. The van der Waals surface area contributed by atoms with Gasteiger partial charge in [-0.3, -0.25) is 0 Å². The van der Waals surface area contributed by atoms with Gasteiger partial charge in [0.15, 0.2) is 0 Å². The summed E-state index contributed by atoms with van der Waals surface area (Å²) in [7, 11) is 0. The molecule has 0 saturated carbocycles. The van der Waals surface area contributed by atoms with Crippen LogP contribution in [0.1, 0.15) is 18.4 Å². The second-order valence-electron chi connectivity index (χ2n) is 4.92. The first-order valence-corrected chi connectivity index (χ1v) is 8.14. The van der Waals surface area contributed by atoms with Crippen molar-refractivity contribution in [3.63, 3.8) is 0 Å². The topological polar surface area (TPSA) is 37.8 Å². The summed E-state index contributed by atoms with van der Waals surface area (Å²) < 4.78 is 8.55. The lowest BCUT2D eigenvalue weighted by Crippen LogP contribution is -2.03. The largest absolute Gasteiger partial charge is 0.382 e. The summed E-state index contributed by atoms with van der Waals surface area (Å²) in [6.07, 6.45) is 3.36. The van der Waals surface area contributed by atoms with E-state index in [1.807, 2.05) is 12.1 Å². The van der Waals surface area contributed by atoms with Gasteiger partial charge in [-0.15, -0.1) is 0 Å². The Hall–Kier alpha value is -1.65. The fraction of sp³-hybridized carbons (Fsp3) is 0.250. The Morgan fingerprint density at radius 3 is 2.71 bits per heavy atom. The van der Waals surface area contributed by atoms with Crippen LogP contribution in [0.25, 0.3) is 11.0 Å². The Morgan fingerprint density at radius 2 is 1.86 bits per heavy atom. The third kappa shape index (κ3) is 3.52. The molecule has 0 fully saturated rings. The Labute approximate surface area is 133 Å². The number of hydrogen-bond acceptors (Lipinski definition) is 4. The normalized spacial score (nSPS) is 10.9. The van der Waals surface area contributed by atoms with Gasteiger partial charge in [0.25, 0.3) is 0 Å². The maximum atomic E-state index is 6.24. The van der Waals surface area contributed by atoms with E-state index in [2.05, 4.69) is 44.4 Å². The molecule has 3 rings (SSSR count). The second-order valence-corrected chi connectivity index (χ2v) is 5.86. The number of unbranched alkanes of at least 4 members (excludes halogenated alkanes) is 1. The molecule has 0 aliphatic heterocycles. The zero-order valence-corrected chi connectivity index (χ0v) is 13.1. The molecule has 0 atom stereocenters. The van der Waals surface area contributed by atoms with E-state index < -0.39 is 0 Å². The van der Waals surface area contributed by atoms with Crippen LogP contribution in [0, 0.1) is 0 Å². The lowest BCUT2D eigenvalue weighted by molar-refractivity contribution is 0.763. The minimum absolute atomic E-state index is 0.707. The summed E-state index contributed by atoms with van der Waals surface area (Å²) in [6.45, 7) is 0.892. The second kappa shape index (κ2) is 6.87. The molecular formula is C16H16ClN3S. The average molecular weight is 318 g/mol. The van der Waals surface area contributed by atoms with Crippen LogP contribution >= 0.6 is 23.3 Å². The zero-order valence-electron chi connectivity index (χ0n) is 11.6. The van der Waals surface area contributed by atoms with Crippen molar-refractivity contribution in [2.24, 2.45) is 0 Å². The lowest BCUT2D eigenvalue weighted by Gasteiger charge is -2.08. The monoisotopic (exact) mass is 317 g/mol. The van der Waals surface area contributed by atoms with E-state index in [0.717, 1.165) is 42.5 Å². The van der Waals surface area contributed by atoms with Crippen LogP contribution in [-0.4, -0.2) is 15.3 Å². The number of nitrogens with zero attached hydrogens (tertiary/aromatic N) is 2. The van der Waals surface area contributed by atoms with Gasteiger partial charge in [0, 0.05) is 6.54 Å². The van der Waals surface area contributed by atoms with Gasteiger partial charge < -0.3 is 5.32 Å². The van der Waals surface area contributed by atoms with Crippen LogP contribution in [0.2, 0.25) is 5.02 Å². The maximum Gasteiger partial charge on any atom is 0.129 e. The summed E-state index contributed by atoms with van der Waals surface area (Å²) in [5.74, 6) is 0. The number of hydrogen-bond donors (Lipinski definition) is 1. The van der Waals surface area contributed by atoms with E-state index in [1.54, 1.807) is 0 Å². The predicted octanol–water partition coefficient (Wildman–Crippen LogP) is 4.78. The van der Waals surface area contributed by atoms with E-state index in [4.69, 9.17) is 11.6 Å². The summed E-state index contributed by atoms with van der Waals surface area (Å²) in [4.78, 5) is 0. The Bertz CT molecular complexity index is 712. The van der Waals surface area contributed by atoms with Crippen LogP contribution < -0.4 is 5.32 Å². The van der Waals surface area contributed by atoms with Gasteiger partial charge in [-0.05, 0) is 37.0 Å². The molecule has 0 amide bonds. The number of aromatic nitrogens is 2. The van der Waals surface area contributed by atoms with Crippen LogP contribution in [0.15, 0.2) is 42.5 Å². The molecule has 0 unspecified atom stereocenters. The van der Waals surface area contributed by atoms with Gasteiger partial charge in [0.1, 0.15) is 11.0 Å². The molecule has 21 heavy (non-hydrogen) atoms. The highest BCUT2D eigenvalue weighted by Gasteiger charge is 2.08. The maximum absolute atomic E-state index is 6.24. The van der Waals surface area contributed by atoms with Crippen molar-refractivity contribution >= 4 is 40.0 Å². The summed E-state index contributed by atoms with van der Waals surface area (Å²) in [5.41, 5.74) is 4.07. The molecule has 0 aliphatic carbocycles. The first-order valence-electron chi connectivity index (χ1n) is 7.03. The molecule has 0 aliphatic rings. The molecule has 1 heterocycles. The van der Waals surface area contributed by atoms with Crippen molar-refractivity contribution in [3.05, 3.63) is 53.1 Å². The Morgan fingerprint density at radius 1 is 1.00 bits per heavy atom. The highest BCUT2D eigenvalue weighted by Crippen LogP contribution is 2.29. The summed E-state index contributed by atoms with van der Waals surface area (Å²) in [5, 5.41) is 4.11. The molecule has 108 valence electrons. The highest BCUT2D eigenvalue weighted by molar-refractivity contribution is 7.00. The number of halogens is 1. The van der Waals surface area contributed by atoms with Crippen LogP contribution in [0.4, 0.5) is 5.69 Å². The number of fused-ring (bicyclic) bond motifs is 1. The Balaban J connectivity index is 1.53. The molecule has 0 saturated heterocycles. The van der Waals surface area contributed by atoms with E-state index in [0.29, 0.717) is 5.02 Å². The van der Waals surface area contributed by atoms with Crippen LogP contribution in [0.3, 0.4) is 0 Å². The molecule has 1 N–H and O–H groups in total. The van der Waals surface area contributed by atoms with Gasteiger partial charge >= 0.3 is 0 Å². The van der Waals surface area contributed by atoms with Gasteiger partial charge in [-0.25, -0.2) is 0 Å². The standard InChI is InChI=1S/C16H16ClN3S/c17-13-9-10-14-16(20-21-19-14)15(13)18-11-5-4-8-12-6-2-1-3-7-12/h1-3,6-7,9-10,18H,4-5,8,11H2. The SMILES string of the molecule is Clc1ccc2nsnc2c1NCCCCc1ccccc1. The lowest BCUT2D eigenvalue weighted by atomic mass is 10.1. The third-order valence-corrected chi connectivity index (χ3v) is 4.27. The van der Waals surface area contributed by atoms with Crippen molar-refractivity contribution in [1.29, 1.82) is 0 Å². The van der Waals surface area contributed by atoms with Crippen molar-refractivity contribution in [2.45, 2.75) is 19.3 Å². The Kier molecular flexibility index (Phi) is 4.68. The zero-order chi connectivity index (χ0) is 14.5. The van der Waals surface area contributed by atoms with Gasteiger partial charge in [-0.2, -0.15) is 8.75 Å².